The van der Waals surface area contributed by atoms with E-state index in [2.05, 4.69) is 5.32 Å². The van der Waals surface area contributed by atoms with E-state index in [9.17, 15) is 4.79 Å². The van der Waals surface area contributed by atoms with Crippen LogP contribution in [0.3, 0.4) is 0 Å². The number of benzene rings is 1. The highest BCUT2D eigenvalue weighted by atomic mass is 16.4. The Morgan fingerprint density at radius 1 is 1.53 bits per heavy atom. The van der Waals surface area contributed by atoms with Gasteiger partial charge in [0.2, 0.25) is 0 Å². The summed E-state index contributed by atoms with van der Waals surface area (Å²) in [6.45, 7) is 3.22. The first kappa shape index (κ1) is 11.5. The van der Waals surface area contributed by atoms with Crippen molar-refractivity contribution < 1.29 is 9.90 Å². The molecule has 0 radical (unpaired) electrons. The van der Waals surface area contributed by atoms with Gasteiger partial charge in [0, 0.05) is 12.2 Å². The lowest BCUT2D eigenvalue weighted by molar-refractivity contribution is 0.0698. The van der Waals surface area contributed by atoms with Gasteiger partial charge < -0.3 is 16.2 Å². The Balaban J connectivity index is 2.82. The molecule has 1 aromatic carbocycles. The third-order valence-corrected chi connectivity index (χ3v) is 2.10. The number of anilines is 1. The SMILES string of the molecule is Cc1ccc(C(=O)O)c(NCCCN)c1. The average Bonchev–Trinajstić information content (AvgIpc) is 2.18. The quantitative estimate of drug-likeness (QED) is 0.640. The van der Waals surface area contributed by atoms with Gasteiger partial charge >= 0.3 is 5.97 Å². The number of rotatable bonds is 5. The average molecular weight is 208 g/mol. The predicted molar refractivity (Wildman–Crippen MR) is 60.3 cm³/mol. The maximum Gasteiger partial charge on any atom is 0.337 e. The van der Waals surface area contributed by atoms with E-state index in [0.29, 0.717) is 24.3 Å². The molecule has 0 saturated heterocycles. The highest BCUT2D eigenvalue weighted by molar-refractivity contribution is 5.94. The molecule has 0 heterocycles. The number of carboxylic acids is 1. The van der Waals surface area contributed by atoms with Gasteiger partial charge in [-0.05, 0) is 37.6 Å². The van der Waals surface area contributed by atoms with Gasteiger partial charge in [-0.25, -0.2) is 4.79 Å². The summed E-state index contributed by atoms with van der Waals surface area (Å²) in [4.78, 5) is 10.9. The standard InChI is InChI=1S/C11H16N2O2/c1-8-3-4-9(11(14)15)10(7-8)13-6-2-5-12/h3-4,7,13H,2,5-6,12H2,1H3,(H,14,15). The zero-order valence-electron chi connectivity index (χ0n) is 8.79. The molecule has 0 aliphatic heterocycles. The second-order valence-electron chi connectivity index (χ2n) is 3.42. The Kier molecular flexibility index (Phi) is 4.12. The topological polar surface area (TPSA) is 75.3 Å². The fraction of sp³-hybridized carbons (Fsp3) is 0.364. The number of aromatic carboxylic acids is 1. The molecule has 0 aliphatic rings. The van der Waals surface area contributed by atoms with Crippen molar-refractivity contribution in [2.45, 2.75) is 13.3 Å². The molecule has 0 aromatic heterocycles. The monoisotopic (exact) mass is 208 g/mol. The van der Waals surface area contributed by atoms with Crippen LogP contribution >= 0.6 is 0 Å². The Morgan fingerprint density at radius 3 is 2.87 bits per heavy atom. The van der Waals surface area contributed by atoms with Gasteiger partial charge in [0.25, 0.3) is 0 Å². The lowest BCUT2D eigenvalue weighted by Gasteiger charge is -2.09. The van der Waals surface area contributed by atoms with Gasteiger partial charge in [-0.3, -0.25) is 0 Å². The first-order valence-corrected chi connectivity index (χ1v) is 4.93. The number of carbonyl (C=O) groups is 1. The Labute approximate surface area is 89.1 Å². The molecule has 0 bridgehead atoms. The van der Waals surface area contributed by atoms with Crippen LogP contribution in [-0.4, -0.2) is 24.2 Å². The van der Waals surface area contributed by atoms with Crippen molar-refractivity contribution >= 4 is 11.7 Å². The summed E-state index contributed by atoms with van der Waals surface area (Å²) in [6, 6.07) is 5.24. The van der Waals surface area contributed by atoms with E-state index in [0.717, 1.165) is 12.0 Å². The van der Waals surface area contributed by atoms with Crippen molar-refractivity contribution in [2.75, 3.05) is 18.4 Å². The predicted octanol–water partition coefficient (Wildman–Crippen LogP) is 1.45. The molecule has 1 rings (SSSR count). The van der Waals surface area contributed by atoms with Crippen molar-refractivity contribution in [3.8, 4) is 0 Å². The van der Waals surface area contributed by atoms with Crippen LogP contribution in [0.25, 0.3) is 0 Å². The van der Waals surface area contributed by atoms with Crippen molar-refractivity contribution in [1.82, 2.24) is 0 Å². The van der Waals surface area contributed by atoms with E-state index in [1.165, 1.54) is 0 Å². The second-order valence-corrected chi connectivity index (χ2v) is 3.42. The minimum absolute atomic E-state index is 0.303. The van der Waals surface area contributed by atoms with E-state index in [1.54, 1.807) is 12.1 Å². The summed E-state index contributed by atoms with van der Waals surface area (Å²) in [5.74, 6) is -0.912. The van der Waals surface area contributed by atoms with Crippen LogP contribution in [0.4, 0.5) is 5.69 Å². The molecule has 0 aliphatic carbocycles. The van der Waals surface area contributed by atoms with Crippen LogP contribution in [0.2, 0.25) is 0 Å². The van der Waals surface area contributed by atoms with E-state index in [1.807, 2.05) is 13.0 Å². The van der Waals surface area contributed by atoms with Crippen LogP contribution in [0.5, 0.6) is 0 Å². The van der Waals surface area contributed by atoms with E-state index < -0.39 is 5.97 Å². The molecule has 0 saturated carbocycles. The summed E-state index contributed by atoms with van der Waals surface area (Å²) in [5, 5.41) is 12.0. The molecular formula is C11H16N2O2. The highest BCUT2D eigenvalue weighted by Crippen LogP contribution is 2.17. The first-order valence-electron chi connectivity index (χ1n) is 4.93. The first-order chi connectivity index (χ1) is 7.15. The van der Waals surface area contributed by atoms with Crippen LogP contribution < -0.4 is 11.1 Å². The maximum absolute atomic E-state index is 10.9. The Bertz CT molecular complexity index is 350. The number of hydrogen-bond acceptors (Lipinski definition) is 3. The minimum atomic E-state index is -0.912. The Hall–Kier alpha value is -1.55. The summed E-state index contributed by atoms with van der Waals surface area (Å²) >= 11 is 0. The number of nitrogens with one attached hydrogen (secondary N) is 1. The molecular weight excluding hydrogens is 192 g/mol. The molecule has 4 heteroatoms. The third-order valence-electron chi connectivity index (χ3n) is 2.10. The van der Waals surface area contributed by atoms with Gasteiger partial charge in [-0.15, -0.1) is 0 Å². The van der Waals surface area contributed by atoms with Crippen LogP contribution in [0.15, 0.2) is 18.2 Å². The minimum Gasteiger partial charge on any atom is -0.478 e. The lowest BCUT2D eigenvalue weighted by Crippen LogP contribution is -2.11. The van der Waals surface area contributed by atoms with Crippen molar-refractivity contribution in [1.29, 1.82) is 0 Å². The van der Waals surface area contributed by atoms with Crippen LogP contribution in [0, 0.1) is 6.92 Å². The van der Waals surface area contributed by atoms with E-state index >= 15 is 0 Å². The summed E-state index contributed by atoms with van der Waals surface area (Å²) < 4.78 is 0. The fourth-order valence-electron chi connectivity index (χ4n) is 1.32. The zero-order valence-corrected chi connectivity index (χ0v) is 8.79. The van der Waals surface area contributed by atoms with Gasteiger partial charge in [0.15, 0.2) is 0 Å². The number of hydrogen-bond donors (Lipinski definition) is 3. The molecule has 0 spiro atoms. The molecule has 82 valence electrons. The second kappa shape index (κ2) is 5.36. The molecule has 0 atom stereocenters. The third kappa shape index (κ3) is 3.25. The molecule has 0 unspecified atom stereocenters. The maximum atomic E-state index is 10.9. The normalized spacial score (nSPS) is 10.0. The Morgan fingerprint density at radius 2 is 2.27 bits per heavy atom. The van der Waals surface area contributed by atoms with E-state index in [4.69, 9.17) is 10.8 Å². The van der Waals surface area contributed by atoms with Gasteiger partial charge in [-0.2, -0.15) is 0 Å². The van der Waals surface area contributed by atoms with Crippen LogP contribution in [0.1, 0.15) is 22.3 Å². The molecule has 0 amide bonds. The smallest absolute Gasteiger partial charge is 0.337 e. The van der Waals surface area contributed by atoms with Crippen LogP contribution in [-0.2, 0) is 0 Å². The molecule has 0 fully saturated rings. The van der Waals surface area contributed by atoms with Crippen molar-refractivity contribution in [3.05, 3.63) is 29.3 Å². The molecule has 15 heavy (non-hydrogen) atoms. The van der Waals surface area contributed by atoms with Gasteiger partial charge in [0.1, 0.15) is 0 Å². The fourth-order valence-corrected chi connectivity index (χ4v) is 1.32. The lowest BCUT2D eigenvalue weighted by atomic mass is 10.1. The molecule has 1 aromatic rings. The van der Waals surface area contributed by atoms with Crippen molar-refractivity contribution in [3.63, 3.8) is 0 Å². The number of aryl methyl sites for hydroxylation is 1. The molecule has 4 nitrogen and oxygen atoms in total. The van der Waals surface area contributed by atoms with Crippen molar-refractivity contribution in [2.24, 2.45) is 5.73 Å². The molecule has 4 N–H and O–H groups in total. The number of nitrogens with two attached hydrogens (primary N) is 1. The highest BCUT2D eigenvalue weighted by Gasteiger charge is 2.08. The van der Waals surface area contributed by atoms with Gasteiger partial charge in [-0.1, -0.05) is 6.07 Å². The summed E-state index contributed by atoms with van der Waals surface area (Å²) in [7, 11) is 0. The number of carboxylic acid groups (broad SMARTS) is 1. The van der Waals surface area contributed by atoms with E-state index in [-0.39, 0.29) is 0 Å². The zero-order chi connectivity index (χ0) is 11.3. The summed E-state index contributed by atoms with van der Waals surface area (Å²) in [6.07, 6.45) is 0.826. The summed E-state index contributed by atoms with van der Waals surface area (Å²) in [5.41, 5.74) is 7.37. The largest absolute Gasteiger partial charge is 0.478 e. The van der Waals surface area contributed by atoms with Gasteiger partial charge in [0.05, 0.1) is 5.56 Å².